The van der Waals surface area contributed by atoms with E-state index in [4.69, 9.17) is 9.47 Å². The number of hydrogen-bond acceptors (Lipinski definition) is 5. The van der Waals surface area contributed by atoms with Crippen LogP contribution in [0.5, 0.6) is 17.2 Å². The summed E-state index contributed by atoms with van der Waals surface area (Å²) in [5, 5.41) is 10.4. The molecule has 0 spiro atoms. The van der Waals surface area contributed by atoms with Crippen molar-refractivity contribution in [3.63, 3.8) is 0 Å². The van der Waals surface area contributed by atoms with Gasteiger partial charge in [0, 0.05) is 11.8 Å². The van der Waals surface area contributed by atoms with E-state index >= 15 is 0 Å². The van der Waals surface area contributed by atoms with E-state index in [1.54, 1.807) is 48.7 Å². The summed E-state index contributed by atoms with van der Waals surface area (Å²) >= 11 is 0. The molecule has 6 heteroatoms. The SMILES string of the molecule is CCCCOc1ccc(C(=O)N(Cc2ccccn2)c2ccccc2O)cc1OCC. The van der Waals surface area contributed by atoms with Gasteiger partial charge in [0.25, 0.3) is 5.91 Å². The van der Waals surface area contributed by atoms with Crippen LogP contribution in [0.1, 0.15) is 42.7 Å². The third-order valence-electron chi connectivity index (χ3n) is 4.71. The maximum Gasteiger partial charge on any atom is 0.258 e. The number of benzene rings is 2. The highest BCUT2D eigenvalue weighted by Gasteiger charge is 2.22. The Kier molecular flexibility index (Phi) is 7.87. The first-order valence-electron chi connectivity index (χ1n) is 10.5. The molecule has 1 amide bonds. The van der Waals surface area contributed by atoms with Crippen LogP contribution in [0.15, 0.2) is 66.9 Å². The van der Waals surface area contributed by atoms with Gasteiger partial charge in [0.15, 0.2) is 11.5 Å². The Bertz CT molecular complexity index is 992. The summed E-state index contributed by atoms with van der Waals surface area (Å²) in [6.45, 7) is 5.26. The molecule has 162 valence electrons. The lowest BCUT2D eigenvalue weighted by Crippen LogP contribution is -2.31. The van der Waals surface area contributed by atoms with Crippen LogP contribution in [0.4, 0.5) is 5.69 Å². The van der Waals surface area contributed by atoms with Crippen LogP contribution in [0, 0.1) is 0 Å². The number of amides is 1. The molecule has 0 aliphatic rings. The summed E-state index contributed by atoms with van der Waals surface area (Å²) in [4.78, 5) is 19.4. The first-order valence-corrected chi connectivity index (χ1v) is 10.5. The first kappa shape index (κ1) is 22.2. The average Bonchev–Trinajstić information content (AvgIpc) is 2.79. The van der Waals surface area contributed by atoms with Gasteiger partial charge in [-0.1, -0.05) is 31.5 Å². The smallest absolute Gasteiger partial charge is 0.258 e. The van der Waals surface area contributed by atoms with Crippen LogP contribution in [-0.2, 0) is 6.54 Å². The molecule has 0 aliphatic carbocycles. The van der Waals surface area contributed by atoms with Gasteiger partial charge in [-0.25, -0.2) is 0 Å². The number of phenols is 1. The highest BCUT2D eigenvalue weighted by molar-refractivity contribution is 6.07. The largest absolute Gasteiger partial charge is 0.506 e. The number of aromatic nitrogens is 1. The lowest BCUT2D eigenvalue weighted by molar-refractivity contribution is 0.0983. The minimum atomic E-state index is -0.270. The van der Waals surface area contributed by atoms with Gasteiger partial charge in [-0.15, -0.1) is 0 Å². The Morgan fingerprint density at radius 2 is 1.81 bits per heavy atom. The van der Waals surface area contributed by atoms with Crippen molar-refractivity contribution < 1.29 is 19.4 Å². The van der Waals surface area contributed by atoms with Crippen LogP contribution < -0.4 is 14.4 Å². The standard InChI is InChI=1S/C25H28N2O4/c1-3-5-16-31-23-14-13-19(17-24(23)30-4-2)25(29)27(18-20-10-8-9-15-26-20)21-11-6-7-12-22(21)28/h6-15,17,28H,3-5,16,18H2,1-2H3. The molecule has 6 nitrogen and oxygen atoms in total. The molecule has 0 fully saturated rings. The van der Waals surface area contributed by atoms with E-state index in [9.17, 15) is 9.90 Å². The summed E-state index contributed by atoms with van der Waals surface area (Å²) in [6, 6.07) is 17.5. The number of hydrogen-bond donors (Lipinski definition) is 1. The van der Waals surface area contributed by atoms with E-state index in [0.29, 0.717) is 41.7 Å². The molecule has 0 aliphatic heterocycles. The zero-order chi connectivity index (χ0) is 22.1. The molecule has 0 saturated heterocycles. The van der Waals surface area contributed by atoms with Crippen molar-refractivity contribution in [2.75, 3.05) is 18.1 Å². The van der Waals surface area contributed by atoms with Gasteiger partial charge in [-0.3, -0.25) is 14.7 Å². The van der Waals surface area contributed by atoms with Crippen LogP contribution >= 0.6 is 0 Å². The van der Waals surface area contributed by atoms with Crippen molar-refractivity contribution in [1.82, 2.24) is 4.98 Å². The minimum Gasteiger partial charge on any atom is -0.506 e. The predicted octanol–water partition coefficient (Wildman–Crippen LogP) is 5.21. The van der Waals surface area contributed by atoms with E-state index in [1.165, 1.54) is 4.90 Å². The molecule has 3 rings (SSSR count). The van der Waals surface area contributed by atoms with Crippen molar-refractivity contribution in [2.24, 2.45) is 0 Å². The van der Waals surface area contributed by atoms with Gasteiger partial charge in [-0.05, 0) is 55.8 Å². The summed E-state index contributed by atoms with van der Waals surface area (Å²) < 4.78 is 11.6. The monoisotopic (exact) mass is 420 g/mol. The maximum atomic E-state index is 13.5. The maximum absolute atomic E-state index is 13.5. The topological polar surface area (TPSA) is 71.9 Å². The van der Waals surface area contributed by atoms with Crippen molar-refractivity contribution in [3.05, 3.63) is 78.1 Å². The second kappa shape index (κ2) is 11.0. The number of rotatable bonds is 10. The molecule has 0 atom stereocenters. The zero-order valence-corrected chi connectivity index (χ0v) is 18.0. The number of ether oxygens (including phenoxy) is 2. The van der Waals surface area contributed by atoms with Gasteiger partial charge in [0.2, 0.25) is 0 Å². The van der Waals surface area contributed by atoms with Crippen LogP contribution in [0.3, 0.4) is 0 Å². The molecule has 3 aromatic rings. The number of carbonyl (C=O) groups is 1. The van der Waals surface area contributed by atoms with Crippen LogP contribution in [0.25, 0.3) is 0 Å². The quantitative estimate of drug-likeness (QED) is 0.456. The predicted molar refractivity (Wildman–Crippen MR) is 121 cm³/mol. The molecular weight excluding hydrogens is 392 g/mol. The zero-order valence-electron chi connectivity index (χ0n) is 18.0. The van der Waals surface area contributed by atoms with E-state index in [1.807, 2.05) is 25.1 Å². The second-order valence-electron chi connectivity index (χ2n) is 7.00. The minimum absolute atomic E-state index is 0.0244. The van der Waals surface area contributed by atoms with Gasteiger partial charge in [0.1, 0.15) is 5.75 Å². The van der Waals surface area contributed by atoms with Gasteiger partial charge < -0.3 is 14.6 Å². The summed E-state index contributed by atoms with van der Waals surface area (Å²) in [7, 11) is 0. The fourth-order valence-corrected chi connectivity index (χ4v) is 3.12. The number of aromatic hydroxyl groups is 1. The van der Waals surface area contributed by atoms with Crippen molar-refractivity contribution in [2.45, 2.75) is 33.2 Å². The molecule has 0 bridgehead atoms. The highest BCUT2D eigenvalue weighted by atomic mass is 16.5. The van der Waals surface area contributed by atoms with Crippen molar-refractivity contribution >= 4 is 11.6 Å². The molecular formula is C25H28N2O4. The Morgan fingerprint density at radius 3 is 2.52 bits per heavy atom. The Balaban J connectivity index is 1.94. The summed E-state index contributed by atoms with van der Waals surface area (Å²) in [6.07, 6.45) is 3.65. The molecule has 2 aromatic carbocycles. The molecule has 31 heavy (non-hydrogen) atoms. The molecule has 0 saturated carbocycles. The number of nitrogens with zero attached hydrogens (tertiary/aromatic N) is 2. The lowest BCUT2D eigenvalue weighted by atomic mass is 10.1. The number of phenolic OH excluding ortho intramolecular Hbond substituents is 1. The van der Waals surface area contributed by atoms with Crippen LogP contribution in [-0.4, -0.2) is 29.2 Å². The van der Waals surface area contributed by atoms with E-state index in [2.05, 4.69) is 11.9 Å². The second-order valence-corrected chi connectivity index (χ2v) is 7.00. The van der Waals surface area contributed by atoms with Gasteiger partial charge in [0.05, 0.1) is 31.1 Å². The van der Waals surface area contributed by atoms with E-state index in [0.717, 1.165) is 12.8 Å². The molecule has 1 N–H and O–H groups in total. The van der Waals surface area contributed by atoms with E-state index in [-0.39, 0.29) is 18.2 Å². The fourth-order valence-electron chi connectivity index (χ4n) is 3.12. The van der Waals surface area contributed by atoms with Crippen molar-refractivity contribution in [3.8, 4) is 17.2 Å². The van der Waals surface area contributed by atoms with Gasteiger partial charge in [-0.2, -0.15) is 0 Å². The Morgan fingerprint density at radius 1 is 1.00 bits per heavy atom. The number of anilines is 1. The Hall–Kier alpha value is -3.54. The first-order chi connectivity index (χ1) is 15.1. The molecule has 1 heterocycles. The van der Waals surface area contributed by atoms with Crippen molar-refractivity contribution in [1.29, 1.82) is 0 Å². The fraction of sp³-hybridized carbons (Fsp3) is 0.280. The van der Waals surface area contributed by atoms with Crippen LogP contribution in [0.2, 0.25) is 0 Å². The lowest BCUT2D eigenvalue weighted by Gasteiger charge is -2.24. The third-order valence-corrected chi connectivity index (χ3v) is 4.71. The average molecular weight is 421 g/mol. The summed E-state index contributed by atoms with van der Waals surface area (Å²) in [5.41, 5.74) is 1.56. The number of pyridine rings is 1. The molecule has 0 unspecified atom stereocenters. The number of unbranched alkanes of at least 4 members (excludes halogenated alkanes) is 1. The summed E-state index contributed by atoms with van der Waals surface area (Å²) in [5.74, 6) is 0.898. The molecule has 1 aromatic heterocycles. The third kappa shape index (κ3) is 5.75. The number of carbonyl (C=O) groups excluding carboxylic acids is 1. The molecule has 0 radical (unpaired) electrons. The highest BCUT2D eigenvalue weighted by Crippen LogP contribution is 2.32. The van der Waals surface area contributed by atoms with Gasteiger partial charge >= 0.3 is 0 Å². The number of para-hydroxylation sites is 2. The normalized spacial score (nSPS) is 10.5. The van der Waals surface area contributed by atoms with E-state index < -0.39 is 0 Å². The Labute approximate surface area is 183 Å².